The second kappa shape index (κ2) is 14.0. The zero-order valence-corrected chi connectivity index (χ0v) is 33.1. The van der Waals surface area contributed by atoms with Crippen molar-refractivity contribution < 1.29 is 8.83 Å². The van der Waals surface area contributed by atoms with Crippen molar-refractivity contribution in [2.45, 2.75) is 0 Å². The first kappa shape index (κ1) is 34.3. The zero-order valence-electron chi connectivity index (χ0n) is 32.2. The van der Waals surface area contributed by atoms with Gasteiger partial charge in [0.25, 0.3) is 0 Å². The van der Waals surface area contributed by atoms with Crippen molar-refractivity contribution in [3.63, 3.8) is 0 Å². The Morgan fingerprint density at radius 2 is 1.02 bits per heavy atom. The van der Waals surface area contributed by atoms with E-state index in [-0.39, 0.29) is 0 Å². The van der Waals surface area contributed by atoms with Crippen molar-refractivity contribution in [1.29, 1.82) is 0 Å². The Balaban J connectivity index is 0.919. The molecule has 4 nitrogen and oxygen atoms in total. The first-order valence-electron chi connectivity index (χ1n) is 20.1. The topological polar surface area (TPSA) is 42.4 Å². The molecule has 12 aromatic rings. The SMILES string of the molecule is c1ccc(-c2cccc(N(c3ccc(-c4ccc5c(c4)oc4ccc6sc(-c7ccccc7)nc6c45)cc3)c3ccc(-c4cccc5c4oc4ccccc45)cc3)c2)cc1. The molecule has 0 aliphatic heterocycles. The molecule has 0 aliphatic rings. The summed E-state index contributed by atoms with van der Waals surface area (Å²) >= 11 is 1.72. The van der Waals surface area contributed by atoms with Crippen molar-refractivity contribution >= 4 is 82.5 Å². The second-order valence-corrected chi connectivity index (χ2v) is 16.1. The molecule has 3 heterocycles. The summed E-state index contributed by atoms with van der Waals surface area (Å²) in [5, 5.41) is 5.41. The summed E-state index contributed by atoms with van der Waals surface area (Å²) in [6.45, 7) is 0. The summed E-state index contributed by atoms with van der Waals surface area (Å²) in [5.74, 6) is 0. The number of furan rings is 2. The van der Waals surface area contributed by atoms with Gasteiger partial charge in [0.1, 0.15) is 27.3 Å². The van der Waals surface area contributed by atoms with E-state index in [4.69, 9.17) is 13.8 Å². The lowest BCUT2D eigenvalue weighted by Crippen LogP contribution is -2.10. The highest BCUT2D eigenvalue weighted by atomic mass is 32.1. The van der Waals surface area contributed by atoms with E-state index in [1.165, 1.54) is 5.56 Å². The first-order valence-corrected chi connectivity index (χ1v) is 20.9. The quantitative estimate of drug-likeness (QED) is 0.161. The van der Waals surface area contributed by atoms with Crippen molar-refractivity contribution in [2.75, 3.05) is 4.90 Å². The highest BCUT2D eigenvalue weighted by molar-refractivity contribution is 7.21. The number of hydrogen-bond acceptors (Lipinski definition) is 5. The van der Waals surface area contributed by atoms with Crippen LogP contribution in [0.1, 0.15) is 0 Å². The molecule has 0 saturated carbocycles. The van der Waals surface area contributed by atoms with Crippen LogP contribution >= 0.6 is 11.3 Å². The van der Waals surface area contributed by atoms with Gasteiger partial charge in [0.15, 0.2) is 0 Å². The van der Waals surface area contributed by atoms with Gasteiger partial charge >= 0.3 is 0 Å². The highest BCUT2D eigenvalue weighted by Crippen LogP contribution is 2.43. The molecule has 12 rings (SSSR count). The number of nitrogens with zero attached hydrogens (tertiary/aromatic N) is 2. The van der Waals surface area contributed by atoms with Crippen LogP contribution in [0.15, 0.2) is 215 Å². The molecule has 0 saturated heterocycles. The highest BCUT2D eigenvalue weighted by Gasteiger charge is 2.18. The van der Waals surface area contributed by atoms with E-state index in [2.05, 4.69) is 193 Å². The summed E-state index contributed by atoms with van der Waals surface area (Å²) in [5.41, 5.74) is 15.5. The van der Waals surface area contributed by atoms with E-state index in [1.807, 2.05) is 18.2 Å². The number of rotatable bonds is 7. The third-order valence-electron chi connectivity index (χ3n) is 11.5. The fourth-order valence-electron chi connectivity index (χ4n) is 8.61. The molecule has 0 spiro atoms. The van der Waals surface area contributed by atoms with Crippen LogP contribution in [-0.4, -0.2) is 4.98 Å². The maximum absolute atomic E-state index is 6.49. The minimum atomic E-state index is 0.851. The van der Waals surface area contributed by atoms with Gasteiger partial charge in [-0.05, 0) is 94.5 Å². The van der Waals surface area contributed by atoms with Gasteiger partial charge in [0, 0.05) is 44.3 Å². The summed E-state index contributed by atoms with van der Waals surface area (Å²) < 4.78 is 14.1. The van der Waals surface area contributed by atoms with Crippen LogP contribution < -0.4 is 4.90 Å². The second-order valence-electron chi connectivity index (χ2n) is 15.1. The maximum Gasteiger partial charge on any atom is 0.143 e. The van der Waals surface area contributed by atoms with Gasteiger partial charge in [0.05, 0.1) is 15.6 Å². The van der Waals surface area contributed by atoms with Crippen LogP contribution in [0.5, 0.6) is 0 Å². The van der Waals surface area contributed by atoms with Gasteiger partial charge in [-0.15, -0.1) is 11.3 Å². The molecule has 282 valence electrons. The van der Waals surface area contributed by atoms with E-state index in [9.17, 15) is 0 Å². The lowest BCUT2D eigenvalue weighted by Gasteiger charge is -2.26. The van der Waals surface area contributed by atoms with E-state index >= 15 is 0 Å². The van der Waals surface area contributed by atoms with Crippen LogP contribution in [0.3, 0.4) is 0 Å². The van der Waals surface area contributed by atoms with Crippen molar-refractivity contribution in [1.82, 2.24) is 4.98 Å². The van der Waals surface area contributed by atoms with Crippen molar-refractivity contribution in [2.24, 2.45) is 0 Å². The average molecular weight is 787 g/mol. The minimum Gasteiger partial charge on any atom is -0.456 e. The van der Waals surface area contributed by atoms with Crippen molar-refractivity contribution in [3.05, 3.63) is 206 Å². The Morgan fingerprint density at radius 3 is 1.82 bits per heavy atom. The molecular weight excluding hydrogens is 753 g/mol. The van der Waals surface area contributed by atoms with E-state index < -0.39 is 0 Å². The van der Waals surface area contributed by atoms with E-state index in [0.717, 1.165) is 110 Å². The lowest BCUT2D eigenvalue weighted by molar-refractivity contribution is 0.669. The summed E-state index contributed by atoms with van der Waals surface area (Å²) in [7, 11) is 0. The van der Waals surface area contributed by atoms with Gasteiger partial charge in [-0.25, -0.2) is 4.98 Å². The summed E-state index contributed by atoms with van der Waals surface area (Å²) in [6.07, 6.45) is 0. The molecule has 0 bridgehead atoms. The van der Waals surface area contributed by atoms with Crippen LogP contribution in [-0.2, 0) is 0 Å². The summed E-state index contributed by atoms with van der Waals surface area (Å²) in [6, 6.07) is 72.7. The molecule has 5 heteroatoms. The number of benzene rings is 9. The molecule has 0 unspecified atom stereocenters. The fraction of sp³-hybridized carbons (Fsp3) is 0. The Morgan fingerprint density at radius 1 is 0.383 bits per heavy atom. The van der Waals surface area contributed by atoms with Gasteiger partial charge in [0.2, 0.25) is 0 Å². The minimum absolute atomic E-state index is 0.851. The van der Waals surface area contributed by atoms with Crippen LogP contribution in [0.2, 0.25) is 0 Å². The maximum atomic E-state index is 6.49. The Bertz CT molecular complexity index is 3530. The molecule has 0 aliphatic carbocycles. The van der Waals surface area contributed by atoms with Gasteiger partial charge in [-0.3, -0.25) is 0 Å². The predicted molar refractivity (Wildman–Crippen MR) is 251 cm³/mol. The van der Waals surface area contributed by atoms with Crippen LogP contribution in [0.25, 0.3) is 98.0 Å². The molecule has 0 radical (unpaired) electrons. The number of thiazole rings is 1. The number of para-hydroxylation sites is 2. The molecule has 0 amide bonds. The first-order chi connectivity index (χ1) is 29.7. The summed E-state index contributed by atoms with van der Waals surface area (Å²) in [4.78, 5) is 7.43. The van der Waals surface area contributed by atoms with Gasteiger partial charge < -0.3 is 13.7 Å². The Hall–Kier alpha value is -7.73. The molecule has 9 aromatic carbocycles. The average Bonchev–Trinajstić information content (AvgIpc) is 4.04. The largest absolute Gasteiger partial charge is 0.456 e. The molecular formula is C55H34N2O2S. The van der Waals surface area contributed by atoms with E-state index in [1.54, 1.807) is 11.3 Å². The number of aromatic nitrogens is 1. The number of hydrogen-bond donors (Lipinski definition) is 0. The lowest BCUT2D eigenvalue weighted by atomic mass is 10.0. The third kappa shape index (κ3) is 5.78. The fourth-order valence-corrected chi connectivity index (χ4v) is 9.59. The Labute approximate surface area is 349 Å². The van der Waals surface area contributed by atoms with Crippen LogP contribution in [0, 0.1) is 0 Å². The number of fused-ring (bicyclic) bond motifs is 8. The molecule has 0 atom stereocenters. The molecule has 60 heavy (non-hydrogen) atoms. The predicted octanol–water partition coefficient (Wildman–Crippen LogP) is 16.2. The monoisotopic (exact) mass is 786 g/mol. The van der Waals surface area contributed by atoms with E-state index in [0.29, 0.717) is 0 Å². The smallest absolute Gasteiger partial charge is 0.143 e. The molecule has 0 fully saturated rings. The standard InChI is InChI=1S/C55H34N2O2S/c1-3-11-35(12-4-1)39-15-9-16-43(33-39)57(42-28-23-37(24-29-42)44-18-10-19-46-45-17-7-8-20-48(45)59-54(44)46)41-26-21-36(22-27-41)40-25-30-47-50(34-40)58-49-31-32-51-53(52(47)49)56-55(60-51)38-13-5-2-6-14-38/h1-34H. The van der Waals surface area contributed by atoms with Gasteiger partial charge in [-0.2, -0.15) is 0 Å². The van der Waals surface area contributed by atoms with Gasteiger partial charge in [-0.1, -0.05) is 140 Å². The van der Waals surface area contributed by atoms with Crippen LogP contribution in [0.4, 0.5) is 17.1 Å². The molecule has 3 aromatic heterocycles. The zero-order chi connectivity index (χ0) is 39.6. The molecule has 0 N–H and O–H groups in total. The normalized spacial score (nSPS) is 11.7. The third-order valence-corrected chi connectivity index (χ3v) is 12.6. The number of anilines is 3. The van der Waals surface area contributed by atoms with Crippen molar-refractivity contribution in [3.8, 4) is 44.0 Å². The Kier molecular flexibility index (Phi) is 8.00.